The van der Waals surface area contributed by atoms with Gasteiger partial charge in [0.1, 0.15) is 5.60 Å². The molecule has 0 spiro atoms. The maximum absolute atomic E-state index is 12.5. The second kappa shape index (κ2) is 6.35. The van der Waals surface area contributed by atoms with Crippen LogP contribution >= 0.6 is 23.1 Å². The summed E-state index contributed by atoms with van der Waals surface area (Å²) in [5.41, 5.74) is 0.0314. The van der Waals surface area contributed by atoms with Crippen molar-refractivity contribution in [3.8, 4) is 0 Å². The summed E-state index contributed by atoms with van der Waals surface area (Å²) in [5, 5.41) is 16.0. The van der Waals surface area contributed by atoms with Crippen LogP contribution in [0.3, 0.4) is 0 Å². The van der Waals surface area contributed by atoms with Crippen LogP contribution in [0, 0.1) is 0 Å². The highest BCUT2D eigenvalue weighted by Crippen LogP contribution is 2.25. The standard InChI is InChI=1S/C16H17N3O2S2/c1-16(21,12-7-5-9-23-12)10-17-14(20)13-11-6-3-4-8-19(11)15(18-13)22-2/h3-9,21H,10H2,1-2H3,(H,17,20). The van der Waals surface area contributed by atoms with Crippen molar-refractivity contribution in [2.24, 2.45) is 0 Å². The fraction of sp³-hybridized carbons (Fsp3) is 0.250. The number of rotatable bonds is 5. The lowest BCUT2D eigenvalue weighted by Crippen LogP contribution is -2.38. The van der Waals surface area contributed by atoms with E-state index in [0.29, 0.717) is 5.69 Å². The number of pyridine rings is 1. The number of amides is 1. The maximum atomic E-state index is 12.5. The molecule has 0 aliphatic carbocycles. The molecular weight excluding hydrogens is 330 g/mol. The minimum absolute atomic E-state index is 0.132. The quantitative estimate of drug-likeness (QED) is 0.697. The molecule has 7 heteroatoms. The topological polar surface area (TPSA) is 66.6 Å². The van der Waals surface area contributed by atoms with Crippen molar-refractivity contribution in [1.82, 2.24) is 14.7 Å². The summed E-state index contributed by atoms with van der Waals surface area (Å²) in [4.78, 5) is 17.7. The zero-order valence-corrected chi connectivity index (χ0v) is 14.4. The largest absolute Gasteiger partial charge is 0.383 e. The SMILES string of the molecule is CSc1nc(C(=O)NCC(C)(O)c2cccs2)c2ccccn12. The van der Waals surface area contributed by atoms with Gasteiger partial charge >= 0.3 is 0 Å². The van der Waals surface area contributed by atoms with Gasteiger partial charge in [0.25, 0.3) is 5.91 Å². The Morgan fingerprint density at radius 2 is 2.26 bits per heavy atom. The molecule has 3 aromatic rings. The first-order valence-corrected chi connectivity index (χ1v) is 9.19. The molecule has 0 saturated heterocycles. The van der Waals surface area contributed by atoms with Gasteiger partial charge in [-0.15, -0.1) is 11.3 Å². The zero-order valence-electron chi connectivity index (χ0n) is 12.8. The summed E-state index contributed by atoms with van der Waals surface area (Å²) in [6.07, 6.45) is 3.80. The molecule has 3 aromatic heterocycles. The Labute approximate surface area is 142 Å². The molecule has 0 aliphatic heterocycles. The molecule has 0 saturated carbocycles. The van der Waals surface area contributed by atoms with E-state index < -0.39 is 5.60 Å². The van der Waals surface area contributed by atoms with Crippen LogP contribution in [0.2, 0.25) is 0 Å². The van der Waals surface area contributed by atoms with Crippen molar-refractivity contribution in [3.05, 3.63) is 52.5 Å². The first-order valence-electron chi connectivity index (χ1n) is 7.08. The number of aliphatic hydroxyl groups is 1. The normalized spacial score (nSPS) is 13.9. The van der Waals surface area contributed by atoms with Crippen molar-refractivity contribution < 1.29 is 9.90 Å². The average Bonchev–Trinajstić information content (AvgIpc) is 3.20. The molecule has 1 unspecified atom stereocenters. The zero-order chi connectivity index (χ0) is 16.4. The van der Waals surface area contributed by atoms with Crippen LogP contribution in [0.15, 0.2) is 47.1 Å². The van der Waals surface area contributed by atoms with E-state index in [4.69, 9.17) is 0 Å². The molecule has 0 fully saturated rings. The minimum Gasteiger partial charge on any atom is -0.383 e. The Hall–Kier alpha value is -1.83. The van der Waals surface area contributed by atoms with Crippen molar-refractivity contribution in [2.75, 3.05) is 12.8 Å². The predicted octanol–water partition coefficient (Wildman–Crippen LogP) is 2.76. The lowest BCUT2D eigenvalue weighted by Gasteiger charge is -2.22. The Morgan fingerprint density at radius 1 is 1.43 bits per heavy atom. The Kier molecular flexibility index (Phi) is 4.43. The summed E-state index contributed by atoms with van der Waals surface area (Å²) >= 11 is 2.95. The van der Waals surface area contributed by atoms with Crippen LogP contribution in [0.5, 0.6) is 0 Å². The van der Waals surface area contributed by atoms with E-state index in [0.717, 1.165) is 15.6 Å². The molecular formula is C16H17N3O2S2. The van der Waals surface area contributed by atoms with Gasteiger partial charge in [-0.05, 0) is 36.8 Å². The van der Waals surface area contributed by atoms with Gasteiger partial charge in [-0.1, -0.05) is 23.9 Å². The van der Waals surface area contributed by atoms with Crippen molar-refractivity contribution in [2.45, 2.75) is 17.7 Å². The molecule has 0 radical (unpaired) electrons. The Bertz CT molecular complexity index is 825. The highest BCUT2D eigenvalue weighted by atomic mass is 32.2. The number of imidazole rings is 1. The van der Waals surface area contributed by atoms with E-state index in [-0.39, 0.29) is 12.5 Å². The number of thiophene rings is 1. The van der Waals surface area contributed by atoms with Gasteiger partial charge in [-0.2, -0.15) is 0 Å². The third kappa shape index (κ3) is 3.12. The van der Waals surface area contributed by atoms with Gasteiger partial charge < -0.3 is 10.4 Å². The second-order valence-corrected chi connectivity index (χ2v) is 7.06. The smallest absolute Gasteiger partial charge is 0.272 e. The number of thioether (sulfide) groups is 1. The third-order valence-corrected chi connectivity index (χ3v) is 5.33. The molecule has 5 nitrogen and oxygen atoms in total. The number of aromatic nitrogens is 2. The van der Waals surface area contributed by atoms with E-state index in [2.05, 4.69) is 10.3 Å². The van der Waals surface area contributed by atoms with E-state index in [1.807, 2.05) is 52.6 Å². The van der Waals surface area contributed by atoms with Crippen molar-refractivity contribution in [1.29, 1.82) is 0 Å². The predicted molar refractivity (Wildman–Crippen MR) is 93.2 cm³/mol. The van der Waals surface area contributed by atoms with Crippen LogP contribution in [-0.4, -0.2) is 33.2 Å². The summed E-state index contributed by atoms with van der Waals surface area (Å²) in [7, 11) is 0. The molecule has 1 amide bonds. The van der Waals surface area contributed by atoms with Crippen LogP contribution < -0.4 is 5.32 Å². The first-order chi connectivity index (χ1) is 11.0. The molecule has 3 heterocycles. The molecule has 23 heavy (non-hydrogen) atoms. The lowest BCUT2D eigenvalue weighted by atomic mass is 10.1. The second-order valence-electron chi connectivity index (χ2n) is 5.34. The fourth-order valence-electron chi connectivity index (χ4n) is 2.33. The lowest BCUT2D eigenvalue weighted by molar-refractivity contribution is 0.0556. The highest BCUT2D eigenvalue weighted by molar-refractivity contribution is 7.98. The molecule has 1 atom stereocenters. The number of hydrogen-bond donors (Lipinski definition) is 2. The first kappa shape index (κ1) is 16.0. The third-order valence-electron chi connectivity index (χ3n) is 3.56. The number of carbonyl (C=O) groups is 1. The van der Waals surface area contributed by atoms with Crippen molar-refractivity contribution in [3.63, 3.8) is 0 Å². The van der Waals surface area contributed by atoms with Gasteiger partial charge in [0, 0.05) is 11.1 Å². The van der Waals surface area contributed by atoms with Crippen LogP contribution in [-0.2, 0) is 5.60 Å². The summed E-state index contributed by atoms with van der Waals surface area (Å²) in [6.45, 7) is 1.82. The highest BCUT2D eigenvalue weighted by Gasteiger charge is 2.26. The van der Waals surface area contributed by atoms with Crippen LogP contribution in [0.4, 0.5) is 0 Å². The molecule has 0 aromatic carbocycles. The van der Waals surface area contributed by atoms with E-state index in [1.54, 1.807) is 6.92 Å². The number of nitrogens with one attached hydrogen (secondary N) is 1. The number of carbonyl (C=O) groups excluding carboxylic acids is 1. The summed E-state index contributed by atoms with van der Waals surface area (Å²) < 4.78 is 1.89. The Balaban J connectivity index is 1.82. The van der Waals surface area contributed by atoms with Gasteiger partial charge in [-0.3, -0.25) is 9.20 Å². The van der Waals surface area contributed by atoms with Crippen molar-refractivity contribution >= 4 is 34.5 Å². The molecule has 120 valence electrons. The number of hydrogen-bond acceptors (Lipinski definition) is 5. The minimum atomic E-state index is -1.10. The summed E-state index contributed by atoms with van der Waals surface area (Å²) in [5.74, 6) is -0.286. The van der Waals surface area contributed by atoms with E-state index in [1.165, 1.54) is 23.1 Å². The van der Waals surface area contributed by atoms with Gasteiger partial charge in [-0.25, -0.2) is 4.98 Å². The number of nitrogens with zero attached hydrogens (tertiary/aromatic N) is 2. The monoisotopic (exact) mass is 347 g/mol. The van der Waals surface area contributed by atoms with E-state index in [9.17, 15) is 9.90 Å². The van der Waals surface area contributed by atoms with Gasteiger partial charge in [0.2, 0.25) is 0 Å². The molecule has 3 rings (SSSR count). The molecule has 2 N–H and O–H groups in total. The fourth-order valence-corrected chi connectivity index (χ4v) is 3.65. The Morgan fingerprint density at radius 3 is 2.96 bits per heavy atom. The van der Waals surface area contributed by atoms with Crippen LogP contribution in [0.1, 0.15) is 22.3 Å². The molecule has 0 aliphatic rings. The average molecular weight is 347 g/mol. The molecule has 0 bridgehead atoms. The van der Waals surface area contributed by atoms with Gasteiger partial charge in [0.05, 0.1) is 12.1 Å². The van der Waals surface area contributed by atoms with Gasteiger partial charge in [0.15, 0.2) is 10.9 Å². The number of fused-ring (bicyclic) bond motifs is 1. The van der Waals surface area contributed by atoms with Crippen LogP contribution in [0.25, 0.3) is 5.52 Å². The van der Waals surface area contributed by atoms with E-state index >= 15 is 0 Å². The maximum Gasteiger partial charge on any atom is 0.272 e. The summed E-state index contributed by atoms with van der Waals surface area (Å²) in [6, 6.07) is 9.37.